The molecule has 32 heavy (non-hydrogen) atoms. The molecule has 0 amide bonds. The Morgan fingerprint density at radius 2 is 1.00 bits per heavy atom. The number of fused-ring (bicyclic) bond motifs is 3. The molecule has 0 aliphatic heterocycles. The third-order valence-corrected chi connectivity index (χ3v) is 6.57. The van der Waals surface area contributed by atoms with Gasteiger partial charge >= 0.3 is 17.1 Å². The van der Waals surface area contributed by atoms with Gasteiger partial charge in [0.2, 0.25) is 8.01 Å². The number of para-hydroxylation sites is 2. The fraction of sp³-hybridized carbons (Fsp3) is 0. The second-order valence-electron chi connectivity index (χ2n) is 7.08. The largest absolute Gasteiger partial charge is 2.00 e. The molecule has 2 aliphatic carbocycles. The number of hydrogen-bond acceptors (Lipinski definition) is 2. The van der Waals surface area contributed by atoms with Crippen LogP contribution in [0.2, 0.25) is 0 Å². The smallest absolute Gasteiger partial charge is 0.419 e. The number of benzene rings is 3. The Bertz CT molecular complexity index is 1100. The molecule has 1 aromatic heterocycles. The fourth-order valence-electron chi connectivity index (χ4n) is 3.59. The van der Waals surface area contributed by atoms with Gasteiger partial charge in [-0.15, -0.1) is 0 Å². The van der Waals surface area contributed by atoms with E-state index in [9.17, 15) is 0 Å². The van der Waals surface area contributed by atoms with Gasteiger partial charge in [-0.05, 0) is 69.1 Å². The van der Waals surface area contributed by atoms with Crippen molar-refractivity contribution in [2.45, 2.75) is 0 Å². The molecule has 6 rings (SSSR count). The zero-order valence-corrected chi connectivity index (χ0v) is 19.2. The average molecular weight is 476 g/mol. The summed E-state index contributed by atoms with van der Waals surface area (Å²) in [6, 6.07) is 26.6. The van der Waals surface area contributed by atoms with Gasteiger partial charge in [-0.25, -0.2) is 0 Å². The van der Waals surface area contributed by atoms with E-state index in [4.69, 9.17) is 8.39 Å². The first-order valence-electron chi connectivity index (χ1n) is 10.2. The number of hydrogen-bond donors (Lipinski definition) is 0. The Balaban J connectivity index is 0.000000363. The van der Waals surface area contributed by atoms with Gasteiger partial charge in [-0.2, -0.15) is 0 Å². The summed E-state index contributed by atoms with van der Waals surface area (Å²) in [5.41, 5.74) is 4.00. The van der Waals surface area contributed by atoms with Crippen molar-refractivity contribution in [3.05, 3.63) is 147 Å². The van der Waals surface area contributed by atoms with Crippen LogP contribution in [0.5, 0.6) is 0 Å². The first-order valence-corrected chi connectivity index (χ1v) is 11.4. The standard InChI is InChI=1S/C23H16O2P.C5H5.Fe/c1-2-9-17(10-3-1)18-13-8-16-23(18)26-24-21-14-6-4-11-19(21)20-12-5-7-15-22(20)25-26;1-2-4-5-3-1;/h1-16H;1-5H;/q;;+2. The minimum Gasteiger partial charge on any atom is -0.419 e. The molecule has 4 heteroatoms. The van der Waals surface area contributed by atoms with Gasteiger partial charge in [0, 0.05) is 16.7 Å². The molecule has 2 saturated carbocycles. The molecule has 156 valence electrons. The molecule has 0 N–H and O–H groups in total. The predicted octanol–water partition coefficient (Wildman–Crippen LogP) is 7.94. The van der Waals surface area contributed by atoms with E-state index in [1.54, 1.807) is 0 Å². The van der Waals surface area contributed by atoms with Gasteiger partial charge in [0.25, 0.3) is 0 Å². The van der Waals surface area contributed by atoms with E-state index in [0.717, 1.165) is 33.5 Å². The van der Waals surface area contributed by atoms with E-state index in [-0.39, 0.29) is 17.1 Å². The first-order chi connectivity index (χ1) is 15.4. The van der Waals surface area contributed by atoms with E-state index in [2.05, 4.69) is 55.7 Å². The maximum absolute atomic E-state index is 6.39. The van der Waals surface area contributed by atoms with Crippen LogP contribution in [0, 0.1) is 62.9 Å². The molecule has 2 fully saturated rings. The Morgan fingerprint density at radius 3 is 1.56 bits per heavy atom. The third-order valence-electron chi connectivity index (χ3n) is 5.06. The molecular formula is C28H21FeO2P+2. The first kappa shape index (κ1) is 23.2. The summed E-state index contributed by atoms with van der Waals surface area (Å²) in [5, 5.41) is 2.14. The number of rotatable bonds is 2. The molecule has 0 bridgehead atoms. The van der Waals surface area contributed by atoms with Gasteiger partial charge in [-0.3, -0.25) is 0 Å². The van der Waals surface area contributed by atoms with Crippen LogP contribution in [0.15, 0.2) is 87.3 Å². The van der Waals surface area contributed by atoms with Crippen LogP contribution in [0.3, 0.4) is 0 Å². The molecule has 0 spiro atoms. The average Bonchev–Trinajstić information content (AvgIpc) is 3.53. The molecule has 2 nitrogen and oxygen atoms in total. The zero-order valence-electron chi connectivity index (χ0n) is 17.2. The summed E-state index contributed by atoms with van der Waals surface area (Å²) < 4.78 is 12.8. The van der Waals surface area contributed by atoms with Crippen LogP contribution in [0.25, 0.3) is 21.9 Å². The van der Waals surface area contributed by atoms with Crippen LogP contribution < -0.4 is 0 Å². The quantitative estimate of drug-likeness (QED) is 0.275. The topological polar surface area (TPSA) is 26.3 Å². The van der Waals surface area contributed by atoms with Crippen LogP contribution in [-0.2, 0) is 17.1 Å². The van der Waals surface area contributed by atoms with Crippen molar-refractivity contribution in [1.82, 2.24) is 0 Å². The van der Waals surface area contributed by atoms with Crippen molar-refractivity contribution >= 4 is 30.0 Å². The summed E-state index contributed by atoms with van der Waals surface area (Å²) in [4.78, 5) is 0. The van der Waals surface area contributed by atoms with Gasteiger partial charge in [-0.1, -0.05) is 66.7 Å². The van der Waals surface area contributed by atoms with Crippen LogP contribution >= 0.6 is 8.01 Å². The maximum atomic E-state index is 6.39. The minimum absolute atomic E-state index is 0. The van der Waals surface area contributed by atoms with Crippen LogP contribution in [0.4, 0.5) is 0 Å². The second-order valence-corrected chi connectivity index (χ2v) is 8.45. The van der Waals surface area contributed by atoms with E-state index in [1.165, 1.54) is 5.56 Å². The van der Waals surface area contributed by atoms with Crippen LogP contribution in [-0.4, -0.2) is 0 Å². The molecule has 0 atom stereocenters. The second kappa shape index (κ2) is 11.3. The van der Waals surface area contributed by atoms with Gasteiger partial charge < -0.3 is 8.39 Å². The maximum Gasteiger partial charge on any atom is 2.00 e. The summed E-state index contributed by atoms with van der Waals surface area (Å²) in [6.45, 7) is 0. The molecular weight excluding hydrogens is 455 g/mol. The van der Waals surface area contributed by atoms with E-state index in [1.807, 2.05) is 74.6 Å². The molecule has 1 heterocycles. The molecule has 0 unspecified atom stereocenters. The van der Waals surface area contributed by atoms with Crippen molar-refractivity contribution < 1.29 is 25.5 Å². The minimum atomic E-state index is -1.27. The van der Waals surface area contributed by atoms with E-state index >= 15 is 0 Å². The van der Waals surface area contributed by atoms with Crippen molar-refractivity contribution in [2.24, 2.45) is 0 Å². The summed E-state index contributed by atoms with van der Waals surface area (Å²) >= 11 is 0. The summed E-state index contributed by atoms with van der Waals surface area (Å²) in [7, 11) is -1.27. The molecule has 3 aromatic carbocycles. The van der Waals surface area contributed by atoms with Gasteiger partial charge in [0.15, 0.2) is 0 Å². The predicted molar refractivity (Wildman–Crippen MR) is 128 cm³/mol. The molecule has 2 aliphatic rings. The Kier molecular flexibility index (Phi) is 8.20. The summed E-state index contributed by atoms with van der Waals surface area (Å²) in [5.74, 6) is 1.16. The Labute approximate surface area is 202 Å². The van der Waals surface area contributed by atoms with Gasteiger partial charge in [0.1, 0.15) is 16.8 Å². The summed E-state index contributed by atoms with van der Waals surface area (Å²) in [6.07, 6.45) is 16.3. The van der Waals surface area contributed by atoms with Crippen LogP contribution in [0.1, 0.15) is 5.56 Å². The van der Waals surface area contributed by atoms with Crippen molar-refractivity contribution in [2.75, 3.05) is 0 Å². The normalized spacial score (nSPS) is 16.5. The van der Waals surface area contributed by atoms with Gasteiger partial charge in [0.05, 0.1) is 0 Å². The molecule has 10 radical (unpaired) electrons. The fourth-order valence-corrected chi connectivity index (χ4v) is 5.10. The molecule has 4 aromatic rings. The van der Waals surface area contributed by atoms with Crippen molar-refractivity contribution in [3.8, 4) is 0 Å². The third kappa shape index (κ3) is 5.17. The Hall–Kier alpha value is -1.92. The zero-order chi connectivity index (χ0) is 20.9. The van der Waals surface area contributed by atoms with Crippen molar-refractivity contribution in [3.63, 3.8) is 0 Å². The SMILES string of the molecule is [CH]1[CH][CH][CH][CH]1.[CH]1[CH][C](c2ccccc2)[C](p2oc3ccccc3c3ccccc3o2)[CH]1.[Fe+2]. The monoisotopic (exact) mass is 476 g/mol. The molecule has 0 saturated heterocycles. The Morgan fingerprint density at radius 1 is 0.500 bits per heavy atom. The van der Waals surface area contributed by atoms with Crippen molar-refractivity contribution in [1.29, 1.82) is 0 Å². The van der Waals surface area contributed by atoms with E-state index in [0.29, 0.717) is 0 Å². The van der Waals surface area contributed by atoms with E-state index < -0.39 is 8.01 Å².